The van der Waals surface area contributed by atoms with Crippen LogP contribution in [0.15, 0.2) is 69.6 Å². The summed E-state index contributed by atoms with van der Waals surface area (Å²) in [5, 5.41) is 15.0. The first-order chi connectivity index (χ1) is 14.3. The third-order valence-corrected chi connectivity index (χ3v) is 5.54. The molecule has 0 heterocycles. The zero-order valence-corrected chi connectivity index (χ0v) is 19.1. The zero-order valence-electron chi connectivity index (χ0n) is 15.9. The van der Waals surface area contributed by atoms with E-state index in [0.29, 0.717) is 35.8 Å². The van der Waals surface area contributed by atoms with Gasteiger partial charge in [0.2, 0.25) is 0 Å². The van der Waals surface area contributed by atoms with Crippen LogP contribution in [0.1, 0.15) is 22.3 Å². The number of nitrogen functional groups attached to an aromatic ring is 2. The van der Waals surface area contributed by atoms with Crippen molar-refractivity contribution in [1.82, 2.24) is 0 Å². The van der Waals surface area contributed by atoms with E-state index in [-0.39, 0.29) is 11.7 Å². The van der Waals surface area contributed by atoms with E-state index < -0.39 is 0 Å². The topological polar surface area (TPSA) is 118 Å². The molecule has 0 atom stereocenters. The molecule has 0 saturated carbocycles. The Balaban J connectivity index is 1.56. The molecule has 0 aliphatic rings. The number of nitrogens with one attached hydrogen (secondary N) is 2. The van der Waals surface area contributed by atoms with E-state index in [9.17, 15) is 0 Å². The summed E-state index contributed by atoms with van der Waals surface area (Å²) in [6, 6.07) is 18.6. The van der Waals surface area contributed by atoms with E-state index in [0.717, 1.165) is 20.1 Å². The molecule has 0 fully saturated rings. The lowest BCUT2D eigenvalue weighted by atomic mass is 10.1. The molecule has 6 nitrogen and oxygen atoms in total. The molecule has 3 aromatic carbocycles. The second-order valence-corrected chi connectivity index (χ2v) is 8.22. The van der Waals surface area contributed by atoms with Crippen molar-refractivity contribution in [2.45, 2.75) is 13.2 Å². The van der Waals surface area contributed by atoms with Crippen LogP contribution in [-0.4, -0.2) is 11.7 Å². The molecule has 30 heavy (non-hydrogen) atoms. The minimum Gasteiger partial charge on any atom is -0.488 e. The average Bonchev–Trinajstić information content (AvgIpc) is 2.72. The molecule has 0 aromatic heterocycles. The fourth-order valence-electron chi connectivity index (χ4n) is 2.62. The van der Waals surface area contributed by atoms with Crippen LogP contribution < -0.4 is 20.9 Å². The molecule has 0 saturated heterocycles. The summed E-state index contributed by atoms with van der Waals surface area (Å²) < 4.78 is 13.2. The fourth-order valence-corrected chi connectivity index (χ4v) is 3.61. The second-order valence-electron chi connectivity index (χ2n) is 6.51. The highest BCUT2D eigenvalue weighted by Crippen LogP contribution is 2.28. The Morgan fingerprint density at radius 3 is 1.33 bits per heavy atom. The number of ether oxygens (including phenoxy) is 2. The van der Waals surface area contributed by atoms with Gasteiger partial charge in [-0.15, -0.1) is 0 Å². The van der Waals surface area contributed by atoms with Crippen LogP contribution in [0.25, 0.3) is 0 Å². The third-order valence-electron chi connectivity index (χ3n) is 4.30. The van der Waals surface area contributed by atoms with Gasteiger partial charge in [-0.1, -0.05) is 24.3 Å². The Morgan fingerprint density at radius 2 is 1.03 bits per heavy atom. The number of halogens is 2. The van der Waals surface area contributed by atoms with Crippen molar-refractivity contribution in [2.24, 2.45) is 11.5 Å². The predicted molar refractivity (Wildman–Crippen MR) is 125 cm³/mol. The molecule has 154 valence electrons. The molecule has 6 N–H and O–H groups in total. The maximum atomic E-state index is 7.48. The fraction of sp³-hybridized carbons (Fsp3) is 0.0909. The summed E-state index contributed by atoms with van der Waals surface area (Å²) in [5.74, 6) is 1.40. The Bertz CT molecular complexity index is 998. The highest BCUT2D eigenvalue weighted by Gasteiger charge is 2.07. The monoisotopic (exact) mass is 530 g/mol. The van der Waals surface area contributed by atoms with Crippen LogP contribution in [0.3, 0.4) is 0 Å². The first-order valence-electron chi connectivity index (χ1n) is 8.95. The van der Waals surface area contributed by atoms with Gasteiger partial charge in [0.1, 0.15) is 36.4 Å². The van der Waals surface area contributed by atoms with Crippen molar-refractivity contribution < 1.29 is 9.47 Å². The Hall–Kier alpha value is -2.84. The lowest BCUT2D eigenvalue weighted by Crippen LogP contribution is -2.11. The molecule has 0 spiro atoms. The number of hydrogen-bond donors (Lipinski definition) is 4. The average molecular weight is 532 g/mol. The van der Waals surface area contributed by atoms with Crippen LogP contribution in [0.2, 0.25) is 0 Å². The van der Waals surface area contributed by atoms with E-state index in [1.54, 1.807) is 36.4 Å². The normalized spacial score (nSPS) is 10.5. The minimum atomic E-state index is 0.0156. The third kappa shape index (κ3) is 5.61. The molecule has 3 rings (SSSR count). The summed E-state index contributed by atoms with van der Waals surface area (Å²) in [6.07, 6.45) is 0. The van der Waals surface area contributed by atoms with Crippen molar-refractivity contribution in [2.75, 3.05) is 0 Å². The van der Waals surface area contributed by atoms with E-state index >= 15 is 0 Å². The predicted octanol–water partition coefficient (Wildman–Crippen LogP) is 4.94. The lowest BCUT2D eigenvalue weighted by Gasteiger charge is -2.11. The van der Waals surface area contributed by atoms with Crippen LogP contribution >= 0.6 is 31.9 Å². The summed E-state index contributed by atoms with van der Waals surface area (Å²) in [5.41, 5.74) is 14.3. The molecule has 0 unspecified atom stereocenters. The highest BCUT2D eigenvalue weighted by atomic mass is 79.9. The van der Waals surface area contributed by atoms with Crippen molar-refractivity contribution in [3.05, 3.63) is 91.9 Å². The standard InChI is InChI=1S/C22H20Br2N4O2/c23-17-9-15(21(25)26)5-7-19(17)29-11-13-1-2-14(4-3-13)12-30-20-8-6-16(22(27)28)10-18(20)24/h1-10H,11-12H2,(H3,25,26)(H3,27,28). The van der Waals surface area contributed by atoms with Crippen LogP contribution in [0.4, 0.5) is 0 Å². The van der Waals surface area contributed by atoms with Gasteiger partial charge in [0.15, 0.2) is 0 Å². The van der Waals surface area contributed by atoms with Crippen LogP contribution in [0.5, 0.6) is 11.5 Å². The number of nitrogens with two attached hydrogens (primary N) is 2. The number of hydrogen-bond acceptors (Lipinski definition) is 4. The van der Waals surface area contributed by atoms with Gasteiger partial charge in [0.05, 0.1) is 8.95 Å². The van der Waals surface area contributed by atoms with Gasteiger partial charge >= 0.3 is 0 Å². The van der Waals surface area contributed by atoms with Crippen molar-refractivity contribution in [3.63, 3.8) is 0 Å². The summed E-state index contributed by atoms with van der Waals surface area (Å²) in [6.45, 7) is 0.828. The Kier molecular flexibility index (Phi) is 7.12. The van der Waals surface area contributed by atoms with E-state index in [1.807, 2.05) is 24.3 Å². The van der Waals surface area contributed by atoms with Crippen LogP contribution in [-0.2, 0) is 13.2 Å². The Morgan fingerprint density at radius 1 is 0.667 bits per heavy atom. The quantitative estimate of drug-likeness (QED) is 0.243. The molecular formula is C22H20Br2N4O2. The SMILES string of the molecule is N=C(N)c1ccc(OCc2ccc(COc3ccc(C(=N)N)cc3Br)cc2)c(Br)c1. The molecule has 3 aromatic rings. The smallest absolute Gasteiger partial charge is 0.134 e. The maximum Gasteiger partial charge on any atom is 0.134 e. The number of rotatable bonds is 8. The van der Waals surface area contributed by atoms with Gasteiger partial charge in [-0.3, -0.25) is 10.8 Å². The van der Waals surface area contributed by atoms with Gasteiger partial charge in [0, 0.05) is 11.1 Å². The van der Waals surface area contributed by atoms with Gasteiger partial charge in [-0.25, -0.2) is 0 Å². The van der Waals surface area contributed by atoms with Crippen molar-refractivity contribution in [3.8, 4) is 11.5 Å². The molecule has 0 radical (unpaired) electrons. The van der Waals surface area contributed by atoms with E-state index in [1.165, 1.54) is 0 Å². The minimum absolute atomic E-state index is 0.0156. The zero-order chi connectivity index (χ0) is 21.7. The first kappa shape index (κ1) is 21.9. The van der Waals surface area contributed by atoms with Gasteiger partial charge in [-0.2, -0.15) is 0 Å². The van der Waals surface area contributed by atoms with Gasteiger partial charge in [0.25, 0.3) is 0 Å². The first-order valence-corrected chi connectivity index (χ1v) is 10.5. The maximum absolute atomic E-state index is 7.48. The van der Waals surface area contributed by atoms with Gasteiger partial charge in [-0.05, 0) is 79.4 Å². The number of amidine groups is 2. The largest absolute Gasteiger partial charge is 0.488 e. The summed E-state index contributed by atoms with van der Waals surface area (Å²) >= 11 is 6.89. The van der Waals surface area contributed by atoms with Crippen LogP contribution in [0, 0.1) is 10.8 Å². The van der Waals surface area contributed by atoms with E-state index in [4.69, 9.17) is 31.8 Å². The molecule has 0 aliphatic heterocycles. The van der Waals surface area contributed by atoms with Crippen molar-refractivity contribution in [1.29, 1.82) is 10.8 Å². The van der Waals surface area contributed by atoms with Crippen molar-refractivity contribution >= 4 is 43.5 Å². The molecular weight excluding hydrogens is 512 g/mol. The Labute approximate surface area is 191 Å². The van der Waals surface area contributed by atoms with Gasteiger partial charge < -0.3 is 20.9 Å². The molecule has 0 bridgehead atoms. The molecule has 0 amide bonds. The lowest BCUT2D eigenvalue weighted by molar-refractivity contribution is 0.300. The highest BCUT2D eigenvalue weighted by molar-refractivity contribution is 9.10. The summed E-state index contributed by atoms with van der Waals surface area (Å²) in [7, 11) is 0. The number of benzene rings is 3. The summed E-state index contributed by atoms with van der Waals surface area (Å²) in [4.78, 5) is 0. The molecule has 0 aliphatic carbocycles. The second kappa shape index (κ2) is 9.77. The molecule has 8 heteroatoms. The van der Waals surface area contributed by atoms with E-state index in [2.05, 4.69) is 31.9 Å².